The average Bonchev–Trinajstić information content (AvgIpc) is 2.27. The third-order valence-corrected chi connectivity index (χ3v) is 1.89. The number of carbonyl (C=O) groups is 1. The molecule has 0 aliphatic heterocycles. The van der Waals surface area contributed by atoms with Gasteiger partial charge in [0.15, 0.2) is 0 Å². The van der Waals surface area contributed by atoms with Gasteiger partial charge in [-0.1, -0.05) is 0 Å². The Labute approximate surface area is 84.7 Å². The quantitative estimate of drug-likeness (QED) is 0.282. The van der Waals surface area contributed by atoms with Crippen LogP contribution in [0, 0.1) is 16.0 Å². The predicted molar refractivity (Wildman–Crippen MR) is 48.9 cm³/mol. The van der Waals surface area contributed by atoms with Crippen molar-refractivity contribution in [1.82, 2.24) is 0 Å². The molecule has 1 atom stereocenters. The highest BCUT2D eigenvalue weighted by molar-refractivity contribution is 5.83. The van der Waals surface area contributed by atoms with E-state index in [-0.39, 0.29) is 11.3 Å². The van der Waals surface area contributed by atoms with Gasteiger partial charge in [-0.3, -0.25) is 14.9 Å². The van der Waals surface area contributed by atoms with Gasteiger partial charge >= 0.3 is 5.97 Å². The number of nitrogens with zero attached hydrogens (tertiary/aromatic N) is 1. The fourth-order valence-electron chi connectivity index (χ4n) is 1.14. The maximum absolute atomic E-state index is 11.2. The van der Waals surface area contributed by atoms with E-state index in [1.807, 2.05) is 0 Å². The van der Waals surface area contributed by atoms with Crippen LogP contribution in [0.15, 0.2) is 29.5 Å². The summed E-state index contributed by atoms with van der Waals surface area (Å²) in [5.41, 5.74) is -0.225. The minimum Gasteiger partial charge on any atom is -0.468 e. The monoisotopic (exact) mass is 209 g/mol. The largest absolute Gasteiger partial charge is 0.468 e. The van der Waals surface area contributed by atoms with Crippen molar-refractivity contribution in [3.8, 4) is 0 Å². The topological polar surface area (TPSA) is 86.5 Å². The fraction of sp³-hybridized carbons (Fsp3) is 0.222. The van der Waals surface area contributed by atoms with Crippen LogP contribution in [0.1, 0.15) is 0 Å². The molecular weight excluding hydrogens is 202 g/mol. The lowest BCUT2D eigenvalue weighted by Crippen LogP contribution is -2.19. The number of nitro groups is 1. The van der Waals surface area contributed by atoms with E-state index >= 15 is 0 Å². The van der Waals surface area contributed by atoms with Crippen LogP contribution in [-0.4, -0.2) is 23.9 Å². The lowest BCUT2D eigenvalue weighted by molar-refractivity contribution is -0.419. The summed E-state index contributed by atoms with van der Waals surface area (Å²) in [6.07, 6.45) is 3.39. The lowest BCUT2D eigenvalue weighted by Gasteiger charge is -2.11. The molecule has 1 aliphatic rings. The van der Waals surface area contributed by atoms with Gasteiger partial charge in [-0.2, -0.15) is 0 Å². The molecule has 0 spiro atoms. The van der Waals surface area contributed by atoms with E-state index in [2.05, 4.69) is 4.74 Å². The summed E-state index contributed by atoms with van der Waals surface area (Å²) >= 11 is 0. The highest BCUT2D eigenvalue weighted by Gasteiger charge is 2.27. The first kappa shape index (κ1) is 10.9. The summed E-state index contributed by atoms with van der Waals surface area (Å²) in [5.74, 6) is -0.228. The Morgan fingerprint density at radius 2 is 2.27 bits per heavy atom. The molecule has 0 aromatic rings. The molecule has 15 heavy (non-hydrogen) atoms. The lowest BCUT2D eigenvalue weighted by atomic mass is 9.94. The summed E-state index contributed by atoms with van der Waals surface area (Å²) in [6, 6.07) is 0. The van der Waals surface area contributed by atoms with Crippen molar-refractivity contribution in [2.75, 3.05) is 7.11 Å². The average molecular weight is 209 g/mol. The van der Waals surface area contributed by atoms with Crippen LogP contribution in [-0.2, 0) is 14.3 Å². The third kappa shape index (κ3) is 2.18. The Hall–Kier alpha value is -2.20. The number of rotatable bonds is 2. The molecule has 0 heterocycles. The van der Waals surface area contributed by atoms with Gasteiger partial charge in [0, 0.05) is 12.2 Å². The molecule has 6 heteroatoms. The van der Waals surface area contributed by atoms with Crippen molar-refractivity contribution in [3.63, 3.8) is 0 Å². The van der Waals surface area contributed by atoms with Gasteiger partial charge in [0.2, 0.25) is 0 Å². The second kappa shape index (κ2) is 4.34. The van der Waals surface area contributed by atoms with Gasteiger partial charge in [0.1, 0.15) is 11.9 Å². The Morgan fingerprint density at radius 1 is 1.60 bits per heavy atom. The van der Waals surface area contributed by atoms with Crippen LogP contribution < -0.4 is 0 Å². The number of ether oxygens (including phenoxy) is 1. The molecule has 78 valence electrons. The molecule has 0 aromatic carbocycles. The molecule has 1 unspecified atom stereocenters. The number of carbonyl (C=O) groups excluding carboxylic acids is 2. The zero-order valence-electron chi connectivity index (χ0n) is 7.80. The molecule has 0 N–H and O–H groups in total. The van der Waals surface area contributed by atoms with Gasteiger partial charge in [-0.15, -0.1) is 0 Å². The van der Waals surface area contributed by atoms with Crippen LogP contribution in [0.3, 0.4) is 0 Å². The molecule has 1 aliphatic carbocycles. The standard InChI is InChI=1S/C9H7NO5/c1-15-9(12)8-4-7(10(13)14)3-2-6(8)5-11/h2-4,8H,1H3. The Kier molecular flexibility index (Phi) is 3.15. The second-order valence-corrected chi connectivity index (χ2v) is 2.74. The van der Waals surface area contributed by atoms with Crippen molar-refractivity contribution in [2.24, 2.45) is 5.92 Å². The highest BCUT2D eigenvalue weighted by atomic mass is 16.6. The summed E-state index contributed by atoms with van der Waals surface area (Å²) in [6.45, 7) is 0. The third-order valence-electron chi connectivity index (χ3n) is 1.89. The predicted octanol–water partition coefficient (Wildman–Crippen LogP) is 0.264. The van der Waals surface area contributed by atoms with Crippen LogP contribution in [0.4, 0.5) is 0 Å². The summed E-state index contributed by atoms with van der Waals surface area (Å²) in [7, 11) is 1.14. The molecule has 6 nitrogen and oxygen atoms in total. The number of esters is 1. The van der Waals surface area contributed by atoms with Gasteiger partial charge in [0.25, 0.3) is 5.70 Å². The zero-order chi connectivity index (χ0) is 11.4. The normalized spacial score (nSPS) is 19.1. The molecule has 0 amide bonds. The van der Waals surface area contributed by atoms with Gasteiger partial charge in [-0.25, -0.2) is 4.79 Å². The number of methoxy groups -OCH3 is 1. The fourth-order valence-corrected chi connectivity index (χ4v) is 1.14. The van der Waals surface area contributed by atoms with Crippen molar-refractivity contribution < 1.29 is 19.2 Å². The van der Waals surface area contributed by atoms with Crippen LogP contribution in [0.5, 0.6) is 0 Å². The first-order valence-electron chi connectivity index (χ1n) is 3.97. The molecule has 1 rings (SSSR count). The van der Waals surface area contributed by atoms with E-state index in [0.717, 1.165) is 19.3 Å². The van der Waals surface area contributed by atoms with E-state index in [4.69, 9.17) is 0 Å². The van der Waals surface area contributed by atoms with Gasteiger partial charge in [0.05, 0.1) is 17.6 Å². The molecule has 0 aromatic heterocycles. The molecule has 0 bridgehead atoms. The Balaban J connectivity index is 3.10. The number of hydrogen-bond acceptors (Lipinski definition) is 5. The smallest absolute Gasteiger partial charge is 0.318 e. The van der Waals surface area contributed by atoms with E-state index in [9.17, 15) is 19.7 Å². The minimum absolute atomic E-state index is 0.0208. The van der Waals surface area contributed by atoms with Gasteiger partial charge in [-0.05, 0) is 6.08 Å². The SMILES string of the molecule is COC(=O)C1C=C([N+](=O)[O-])C=CC1=C=O. The van der Waals surface area contributed by atoms with Gasteiger partial charge < -0.3 is 4.74 Å². The molecule has 0 fully saturated rings. The zero-order valence-corrected chi connectivity index (χ0v) is 7.80. The van der Waals surface area contributed by atoms with Crippen molar-refractivity contribution in [2.45, 2.75) is 0 Å². The Morgan fingerprint density at radius 3 is 2.73 bits per heavy atom. The van der Waals surface area contributed by atoms with E-state index in [1.165, 1.54) is 6.08 Å². The molecule has 0 radical (unpaired) electrons. The van der Waals surface area contributed by atoms with Crippen molar-refractivity contribution >= 4 is 11.9 Å². The summed E-state index contributed by atoms with van der Waals surface area (Å²) in [5, 5.41) is 10.4. The Bertz CT molecular complexity index is 414. The first-order chi connectivity index (χ1) is 7.10. The first-order valence-corrected chi connectivity index (χ1v) is 3.97. The molecule has 0 saturated heterocycles. The second-order valence-electron chi connectivity index (χ2n) is 2.74. The van der Waals surface area contributed by atoms with E-state index < -0.39 is 16.8 Å². The minimum atomic E-state index is -1.04. The van der Waals surface area contributed by atoms with E-state index in [1.54, 1.807) is 5.94 Å². The van der Waals surface area contributed by atoms with Crippen LogP contribution in [0.2, 0.25) is 0 Å². The molecular formula is C9H7NO5. The van der Waals surface area contributed by atoms with Crippen molar-refractivity contribution in [1.29, 1.82) is 0 Å². The van der Waals surface area contributed by atoms with Crippen molar-refractivity contribution in [3.05, 3.63) is 39.6 Å². The van der Waals surface area contributed by atoms with E-state index in [0.29, 0.717) is 0 Å². The highest BCUT2D eigenvalue weighted by Crippen LogP contribution is 2.21. The summed E-state index contributed by atoms with van der Waals surface area (Å²) < 4.78 is 4.41. The van der Waals surface area contributed by atoms with Crippen LogP contribution in [0.25, 0.3) is 0 Å². The number of allylic oxidation sites excluding steroid dienone is 2. The maximum Gasteiger partial charge on any atom is 0.318 e. The molecule has 0 saturated carbocycles. The maximum atomic E-state index is 11.2. The summed E-state index contributed by atoms with van der Waals surface area (Å²) in [4.78, 5) is 31.4. The number of hydrogen-bond donors (Lipinski definition) is 0. The van der Waals surface area contributed by atoms with Crippen LogP contribution >= 0.6 is 0 Å².